The van der Waals surface area contributed by atoms with Crippen LogP contribution in [0.2, 0.25) is 0 Å². The minimum Gasteiger partial charge on any atom is -0.463 e. The van der Waals surface area contributed by atoms with Crippen LogP contribution in [0, 0.1) is 34.5 Å². The second-order valence-corrected chi connectivity index (χ2v) is 10.8. The van der Waals surface area contributed by atoms with Crippen molar-refractivity contribution < 1.29 is 14.3 Å². The van der Waals surface area contributed by atoms with Gasteiger partial charge in [0.15, 0.2) is 5.78 Å². The van der Waals surface area contributed by atoms with Crippen LogP contribution in [-0.4, -0.2) is 22.7 Å². The third-order valence-electron chi connectivity index (χ3n) is 8.65. The van der Waals surface area contributed by atoms with E-state index in [0.29, 0.717) is 29.0 Å². The monoisotopic (exact) mass is 410 g/mol. The number of ether oxygens (including phenoxy) is 1. The van der Waals surface area contributed by atoms with Crippen LogP contribution in [0.5, 0.6) is 0 Å². The van der Waals surface area contributed by atoms with Crippen molar-refractivity contribution in [3.8, 4) is 0 Å². The minimum absolute atomic E-state index is 0.0754. The van der Waals surface area contributed by atoms with Crippen LogP contribution in [0.3, 0.4) is 0 Å². The molecule has 0 radical (unpaired) electrons. The summed E-state index contributed by atoms with van der Waals surface area (Å²) in [5.74, 6) is 3.01. The van der Waals surface area contributed by atoms with Gasteiger partial charge in [0.05, 0.1) is 4.83 Å². The number of carbonyl (C=O) groups is 2. The summed E-state index contributed by atoms with van der Waals surface area (Å²) in [7, 11) is 0. The zero-order valence-corrected chi connectivity index (χ0v) is 17.3. The summed E-state index contributed by atoms with van der Waals surface area (Å²) in [5.41, 5.74) is 0.280. The molecule has 4 saturated carbocycles. The summed E-state index contributed by atoms with van der Waals surface area (Å²) in [6.45, 7) is 6.27. The van der Waals surface area contributed by atoms with Crippen molar-refractivity contribution in [1.29, 1.82) is 0 Å². The fraction of sp³-hybridized carbons (Fsp3) is 0.905. The Morgan fingerprint density at radius 2 is 1.84 bits per heavy atom. The molecule has 0 aromatic heterocycles. The minimum atomic E-state index is -0.136. The fourth-order valence-electron chi connectivity index (χ4n) is 7.31. The molecule has 0 amide bonds. The molecular weight excluding hydrogens is 380 g/mol. The first kappa shape index (κ1) is 18.0. The molecule has 0 heterocycles. The molecule has 4 aliphatic rings. The summed E-state index contributed by atoms with van der Waals surface area (Å²) in [6.07, 6.45) is 9.15. The number of halogens is 1. The van der Waals surface area contributed by atoms with E-state index >= 15 is 0 Å². The second-order valence-electron chi connectivity index (χ2n) is 9.69. The van der Waals surface area contributed by atoms with Gasteiger partial charge in [0.1, 0.15) is 6.10 Å². The molecule has 0 aliphatic heterocycles. The Hall–Kier alpha value is -0.380. The molecule has 4 fully saturated rings. The van der Waals surface area contributed by atoms with Gasteiger partial charge in [-0.1, -0.05) is 29.8 Å². The number of hydrogen-bond donors (Lipinski definition) is 0. The Labute approximate surface area is 159 Å². The van der Waals surface area contributed by atoms with Crippen molar-refractivity contribution >= 4 is 27.7 Å². The first-order valence-electron chi connectivity index (χ1n) is 10.1. The van der Waals surface area contributed by atoms with Crippen molar-refractivity contribution in [2.45, 2.75) is 83.1 Å². The fourth-order valence-corrected chi connectivity index (χ4v) is 8.23. The quantitative estimate of drug-likeness (QED) is 0.455. The highest BCUT2D eigenvalue weighted by atomic mass is 79.9. The predicted octanol–water partition coefficient (Wildman–Crippen LogP) is 4.90. The van der Waals surface area contributed by atoms with Crippen LogP contribution in [-0.2, 0) is 14.3 Å². The molecule has 0 unspecified atom stereocenters. The van der Waals surface area contributed by atoms with E-state index in [9.17, 15) is 9.59 Å². The predicted molar refractivity (Wildman–Crippen MR) is 100 cm³/mol. The Bertz CT molecular complexity index is 590. The molecule has 0 saturated heterocycles. The summed E-state index contributed by atoms with van der Waals surface area (Å²) in [5, 5.41) is 0. The maximum atomic E-state index is 12.7. The normalized spacial score (nSPS) is 52.1. The van der Waals surface area contributed by atoms with Crippen LogP contribution in [0.1, 0.15) is 72.1 Å². The molecule has 25 heavy (non-hydrogen) atoms. The van der Waals surface area contributed by atoms with E-state index in [2.05, 4.69) is 29.8 Å². The maximum absolute atomic E-state index is 12.7. The van der Waals surface area contributed by atoms with Crippen molar-refractivity contribution in [2.24, 2.45) is 34.5 Å². The molecule has 4 aliphatic carbocycles. The van der Waals surface area contributed by atoms with Gasteiger partial charge in [0, 0.05) is 12.3 Å². The highest BCUT2D eigenvalue weighted by Gasteiger charge is 2.62. The Morgan fingerprint density at radius 3 is 2.56 bits per heavy atom. The molecule has 3 nitrogen and oxygen atoms in total. The van der Waals surface area contributed by atoms with E-state index in [1.807, 2.05) is 0 Å². The number of ketones is 1. The average Bonchev–Trinajstić information content (AvgIpc) is 2.78. The Morgan fingerprint density at radius 1 is 1.08 bits per heavy atom. The smallest absolute Gasteiger partial charge is 0.302 e. The number of fused-ring (bicyclic) bond motifs is 5. The van der Waals surface area contributed by atoms with E-state index in [-0.39, 0.29) is 22.3 Å². The first-order chi connectivity index (χ1) is 11.8. The van der Waals surface area contributed by atoms with Gasteiger partial charge in [0.25, 0.3) is 0 Å². The molecule has 4 heteroatoms. The van der Waals surface area contributed by atoms with Crippen LogP contribution >= 0.6 is 15.9 Å². The SMILES string of the molecule is CC(=O)O[C@@H]1CC[C@@]2(C)[C@@H](CC[C@@H]3[C@H]2CC[C@]2(C)C(=O)[C@H](Br)C[C@@H]32)C1. The Balaban J connectivity index is 1.55. The molecule has 140 valence electrons. The van der Waals surface area contributed by atoms with Crippen LogP contribution in [0.4, 0.5) is 0 Å². The average molecular weight is 411 g/mol. The maximum Gasteiger partial charge on any atom is 0.302 e. The standard InChI is InChI=1S/C21H31BrO3/c1-12(23)25-14-6-8-20(2)13(10-14)4-5-15-16(20)7-9-21(3)17(15)11-18(22)19(21)24/h13-18H,4-11H2,1-3H3/t13-,14+,15+,16+,17-,18+,20-,21-/m0/s1. The van der Waals surface area contributed by atoms with E-state index in [4.69, 9.17) is 4.74 Å². The number of Topliss-reactive ketones (excluding diaryl/α,β-unsaturated/α-hetero) is 1. The second kappa shape index (κ2) is 6.07. The molecule has 0 bridgehead atoms. The molecule has 4 rings (SSSR count). The van der Waals surface area contributed by atoms with Gasteiger partial charge in [-0.05, 0) is 80.5 Å². The molecule has 8 atom stereocenters. The van der Waals surface area contributed by atoms with E-state index in [0.717, 1.165) is 31.6 Å². The van der Waals surface area contributed by atoms with Crippen molar-refractivity contribution in [3.05, 3.63) is 0 Å². The number of rotatable bonds is 1. The highest BCUT2D eigenvalue weighted by Crippen LogP contribution is 2.66. The van der Waals surface area contributed by atoms with Gasteiger partial charge in [-0.25, -0.2) is 0 Å². The number of carbonyl (C=O) groups excluding carboxylic acids is 2. The summed E-state index contributed by atoms with van der Waals surface area (Å²) in [6, 6.07) is 0. The van der Waals surface area contributed by atoms with Crippen molar-refractivity contribution in [2.75, 3.05) is 0 Å². The molecule has 0 spiro atoms. The zero-order chi connectivity index (χ0) is 18.0. The molecule has 0 aromatic rings. The van der Waals surface area contributed by atoms with Gasteiger partial charge in [0.2, 0.25) is 0 Å². The summed E-state index contributed by atoms with van der Waals surface area (Å²) >= 11 is 3.66. The van der Waals surface area contributed by atoms with Gasteiger partial charge in [-0.2, -0.15) is 0 Å². The lowest BCUT2D eigenvalue weighted by atomic mass is 9.45. The highest BCUT2D eigenvalue weighted by molar-refractivity contribution is 9.10. The van der Waals surface area contributed by atoms with E-state index in [1.165, 1.54) is 32.6 Å². The third-order valence-corrected chi connectivity index (χ3v) is 9.44. The largest absolute Gasteiger partial charge is 0.463 e. The summed E-state index contributed by atoms with van der Waals surface area (Å²) in [4.78, 5) is 24.2. The van der Waals surface area contributed by atoms with Crippen molar-refractivity contribution in [1.82, 2.24) is 0 Å². The van der Waals surface area contributed by atoms with Gasteiger partial charge in [-0.15, -0.1) is 0 Å². The number of alkyl halides is 1. The zero-order valence-electron chi connectivity index (χ0n) is 15.7. The van der Waals surface area contributed by atoms with Gasteiger partial charge < -0.3 is 4.74 Å². The van der Waals surface area contributed by atoms with Crippen LogP contribution < -0.4 is 0 Å². The van der Waals surface area contributed by atoms with Crippen LogP contribution in [0.15, 0.2) is 0 Å². The topological polar surface area (TPSA) is 43.4 Å². The summed E-state index contributed by atoms with van der Waals surface area (Å²) < 4.78 is 5.54. The lowest BCUT2D eigenvalue weighted by molar-refractivity contribution is -0.160. The number of esters is 1. The molecule has 0 aromatic carbocycles. The molecular formula is C21H31BrO3. The van der Waals surface area contributed by atoms with Gasteiger partial charge >= 0.3 is 5.97 Å². The molecule has 0 N–H and O–H groups in total. The van der Waals surface area contributed by atoms with Crippen molar-refractivity contribution in [3.63, 3.8) is 0 Å². The Kier molecular flexibility index (Phi) is 4.37. The first-order valence-corrected chi connectivity index (χ1v) is 11.0. The third kappa shape index (κ3) is 2.64. The lowest BCUT2D eigenvalue weighted by Gasteiger charge is -2.60. The number of hydrogen-bond acceptors (Lipinski definition) is 3. The van der Waals surface area contributed by atoms with Gasteiger partial charge in [-0.3, -0.25) is 9.59 Å². The van der Waals surface area contributed by atoms with Crippen LogP contribution in [0.25, 0.3) is 0 Å². The van der Waals surface area contributed by atoms with E-state index < -0.39 is 0 Å². The van der Waals surface area contributed by atoms with E-state index in [1.54, 1.807) is 0 Å². The lowest BCUT2D eigenvalue weighted by Crippen LogP contribution is -2.54.